The summed E-state index contributed by atoms with van der Waals surface area (Å²) >= 11 is 0. The number of ether oxygens (including phenoxy) is 1. The maximum atomic E-state index is 11.7. The molecule has 0 aliphatic heterocycles. The Labute approximate surface area is 121 Å². The SMILES string of the molecule is CCOC(=O)c1oc(-c2cc3cc(C)ccc3o2)nc1C. The Morgan fingerprint density at radius 3 is 2.81 bits per heavy atom. The Bertz CT molecular complexity index is 813. The smallest absolute Gasteiger partial charge is 0.376 e. The molecule has 5 heteroatoms. The van der Waals surface area contributed by atoms with Crippen molar-refractivity contribution in [1.29, 1.82) is 0 Å². The van der Waals surface area contributed by atoms with Crippen molar-refractivity contribution in [3.8, 4) is 11.7 Å². The molecule has 5 nitrogen and oxygen atoms in total. The lowest BCUT2D eigenvalue weighted by Gasteiger charge is -1.96. The van der Waals surface area contributed by atoms with Gasteiger partial charge in [-0.25, -0.2) is 9.78 Å². The van der Waals surface area contributed by atoms with Crippen molar-refractivity contribution in [3.63, 3.8) is 0 Å². The number of aromatic nitrogens is 1. The Hall–Kier alpha value is -2.56. The fraction of sp³-hybridized carbons (Fsp3) is 0.250. The molecule has 0 bridgehead atoms. The van der Waals surface area contributed by atoms with Gasteiger partial charge in [0.1, 0.15) is 5.58 Å². The largest absolute Gasteiger partial charge is 0.460 e. The molecule has 3 rings (SSSR count). The average Bonchev–Trinajstić information content (AvgIpc) is 3.01. The minimum absolute atomic E-state index is 0.114. The molecule has 0 aliphatic rings. The summed E-state index contributed by atoms with van der Waals surface area (Å²) in [6.07, 6.45) is 0. The number of carbonyl (C=O) groups is 1. The number of benzene rings is 1. The van der Waals surface area contributed by atoms with Gasteiger partial charge in [-0.3, -0.25) is 0 Å². The minimum Gasteiger partial charge on any atom is -0.460 e. The molecule has 0 saturated heterocycles. The van der Waals surface area contributed by atoms with Gasteiger partial charge in [0, 0.05) is 5.39 Å². The highest BCUT2D eigenvalue weighted by Gasteiger charge is 2.21. The molecule has 0 amide bonds. The fourth-order valence-electron chi connectivity index (χ4n) is 2.16. The highest BCUT2D eigenvalue weighted by atomic mass is 16.5. The second kappa shape index (κ2) is 5.09. The molecule has 3 aromatic rings. The van der Waals surface area contributed by atoms with Gasteiger partial charge in [0.05, 0.1) is 12.3 Å². The lowest BCUT2D eigenvalue weighted by molar-refractivity contribution is 0.0490. The van der Waals surface area contributed by atoms with Gasteiger partial charge in [-0.1, -0.05) is 11.6 Å². The van der Waals surface area contributed by atoms with Gasteiger partial charge in [0.15, 0.2) is 5.76 Å². The zero-order valence-corrected chi connectivity index (χ0v) is 12.1. The Kier molecular flexibility index (Phi) is 3.25. The van der Waals surface area contributed by atoms with Crippen molar-refractivity contribution in [2.75, 3.05) is 6.61 Å². The molecule has 0 aliphatic carbocycles. The summed E-state index contributed by atoms with van der Waals surface area (Å²) in [5, 5.41) is 0.971. The Morgan fingerprint density at radius 1 is 1.24 bits per heavy atom. The van der Waals surface area contributed by atoms with E-state index in [1.807, 2.05) is 31.2 Å². The summed E-state index contributed by atoms with van der Waals surface area (Å²) in [7, 11) is 0. The van der Waals surface area contributed by atoms with Crippen molar-refractivity contribution < 1.29 is 18.4 Å². The molecule has 0 atom stereocenters. The van der Waals surface area contributed by atoms with Gasteiger partial charge in [0.2, 0.25) is 5.76 Å². The normalized spacial score (nSPS) is 11.0. The highest BCUT2D eigenvalue weighted by Crippen LogP contribution is 2.29. The van der Waals surface area contributed by atoms with Crippen LogP contribution in [0.15, 0.2) is 33.1 Å². The van der Waals surface area contributed by atoms with Gasteiger partial charge in [-0.2, -0.15) is 0 Å². The second-order valence-electron chi connectivity index (χ2n) is 4.81. The van der Waals surface area contributed by atoms with Crippen LogP contribution >= 0.6 is 0 Å². The van der Waals surface area contributed by atoms with Crippen LogP contribution in [0.25, 0.3) is 22.6 Å². The molecular formula is C16H15NO4. The lowest BCUT2D eigenvalue weighted by Crippen LogP contribution is -2.04. The molecule has 21 heavy (non-hydrogen) atoms. The van der Waals surface area contributed by atoms with Gasteiger partial charge in [0.25, 0.3) is 5.89 Å². The first-order valence-corrected chi connectivity index (χ1v) is 6.73. The summed E-state index contributed by atoms with van der Waals surface area (Å²) in [5.41, 5.74) is 2.38. The minimum atomic E-state index is -0.513. The topological polar surface area (TPSA) is 65.5 Å². The van der Waals surface area contributed by atoms with Crippen LogP contribution in [0.1, 0.15) is 28.7 Å². The van der Waals surface area contributed by atoms with Crippen molar-refractivity contribution in [2.45, 2.75) is 20.8 Å². The molecule has 0 N–H and O–H groups in total. The number of hydrogen-bond acceptors (Lipinski definition) is 5. The van der Waals surface area contributed by atoms with Crippen LogP contribution in [0.4, 0.5) is 0 Å². The summed E-state index contributed by atoms with van der Waals surface area (Å²) in [6.45, 7) is 5.75. The van der Waals surface area contributed by atoms with E-state index in [1.165, 1.54) is 0 Å². The quantitative estimate of drug-likeness (QED) is 0.683. The van der Waals surface area contributed by atoms with E-state index in [0.717, 1.165) is 16.5 Å². The first kappa shape index (κ1) is 13.4. The molecule has 2 aromatic heterocycles. The maximum Gasteiger partial charge on any atom is 0.376 e. The third kappa shape index (κ3) is 2.42. The van der Waals surface area contributed by atoms with Gasteiger partial charge in [-0.15, -0.1) is 0 Å². The summed E-state index contributed by atoms with van der Waals surface area (Å²) < 4.78 is 16.1. The molecule has 0 unspecified atom stereocenters. The molecular weight excluding hydrogens is 270 g/mol. The number of aryl methyl sites for hydroxylation is 2. The van der Waals surface area contributed by atoms with Crippen LogP contribution in [-0.4, -0.2) is 17.6 Å². The number of furan rings is 1. The molecule has 108 valence electrons. The number of fused-ring (bicyclic) bond motifs is 1. The Balaban J connectivity index is 2.02. The molecule has 0 fully saturated rings. The van der Waals surface area contributed by atoms with E-state index >= 15 is 0 Å². The Morgan fingerprint density at radius 2 is 2.05 bits per heavy atom. The second-order valence-corrected chi connectivity index (χ2v) is 4.81. The van der Waals surface area contributed by atoms with Crippen LogP contribution in [-0.2, 0) is 4.74 Å². The van der Waals surface area contributed by atoms with Crippen LogP contribution in [0.3, 0.4) is 0 Å². The van der Waals surface area contributed by atoms with E-state index in [0.29, 0.717) is 11.5 Å². The van der Waals surface area contributed by atoms with Gasteiger partial charge < -0.3 is 13.6 Å². The molecule has 2 heterocycles. The fourth-order valence-corrected chi connectivity index (χ4v) is 2.16. The average molecular weight is 285 g/mol. The maximum absolute atomic E-state index is 11.7. The molecule has 0 saturated carbocycles. The van der Waals surface area contributed by atoms with Crippen molar-refractivity contribution >= 4 is 16.9 Å². The standard InChI is InChI=1S/C16H15NO4/c1-4-19-16(18)14-10(3)17-15(21-14)13-8-11-7-9(2)5-6-12(11)20-13/h5-8H,4H2,1-3H3. The predicted molar refractivity (Wildman–Crippen MR) is 77.1 cm³/mol. The van der Waals surface area contributed by atoms with Crippen LogP contribution in [0.2, 0.25) is 0 Å². The third-order valence-corrected chi connectivity index (χ3v) is 3.14. The van der Waals surface area contributed by atoms with E-state index in [9.17, 15) is 4.79 Å². The predicted octanol–water partition coefficient (Wildman–Crippen LogP) is 3.88. The first-order chi connectivity index (χ1) is 10.1. The first-order valence-electron chi connectivity index (χ1n) is 6.73. The van der Waals surface area contributed by atoms with Gasteiger partial charge in [-0.05, 0) is 39.0 Å². The van der Waals surface area contributed by atoms with Crippen LogP contribution < -0.4 is 0 Å². The molecule has 0 spiro atoms. The number of oxazole rings is 1. The molecule has 0 radical (unpaired) electrons. The lowest BCUT2D eigenvalue weighted by atomic mass is 10.2. The van der Waals surface area contributed by atoms with E-state index in [1.54, 1.807) is 13.8 Å². The van der Waals surface area contributed by atoms with Gasteiger partial charge >= 0.3 is 5.97 Å². The zero-order chi connectivity index (χ0) is 15.0. The zero-order valence-electron chi connectivity index (χ0n) is 12.1. The number of rotatable bonds is 3. The summed E-state index contributed by atoms with van der Waals surface area (Å²) in [6, 6.07) is 7.74. The van der Waals surface area contributed by atoms with Crippen molar-refractivity contribution in [1.82, 2.24) is 4.98 Å². The van der Waals surface area contributed by atoms with Crippen molar-refractivity contribution in [2.24, 2.45) is 0 Å². The number of esters is 1. The number of hydrogen-bond donors (Lipinski definition) is 0. The van der Waals surface area contributed by atoms with Crippen molar-refractivity contribution in [3.05, 3.63) is 41.3 Å². The highest BCUT2D eigenvalue weighted by molar-refractivity contribution is 5.88. The van der Waals surface area contributed by atoms with Crippen LogP contribution in [0, 0.1) is 13.8 Å². The van der Waals surface area contributed by atoms with Crippen LogP contribution in [0.5, 0.6) is 0 Å². The summed E-state index contributed by atoms with van der Waals surface area (Å²) in [5.74, 6) is 0.378. The van der Waals surface area contributed by atoms with E-state index < -0.39 is 5.97 Å². The molecule has 1 aromatic carbocycles. The van der Waals surface area contributed by atoms with E-state index in [4.69, 9.17) is 13.6 Å². The number of carbonyl (C=O) groups excluding carboxylic acids is 1. The summed E-state index contributed by atoms with van der Waals surface area (Å²) in [4.78, 5) is 16.0. The number of nitrogens with zero attached hydrogens (tertiary/aromatic N) is 1. The van der Waals surface area contributed by atoms with E-state index in [2.05, 4.69) is 4.98 Å². The van der Waals surface area contributed by atoms with E-state index in [-0.39, 0.29) is 18.3 Å². The third-order valence-electron chi connectivity index (χ3n) is 3.14. The monoisotopic (exact) mass is 285 g/mol.